The molecule has 0 radical (unpaired) electrons. The molecule has 8 N–H and O–H groups in total. The van der Waals surface area contributed by atoms with Crippen LogP contribution in [0.5, 0.6) is 0 Å². The summed E-state index contributed by atoms with van der Waals surface area (Å²) in [4.78, 5) is 60.0. The quantitative estimate of drug-likeness (QED) is 0.126. The number of benzene rings is 2. The molecule has 5 rings (SSSR count). The van der Waals surface area contributed by atoms with Crippen molar-refractivity contribution in [3.8, 4) is 0 Å². The molecule has 1 spiro atoms. The Bertz CT molecular complexity index is 1490. The van der Waals surface area contributed by atoms with E-state index in [-0.39, 0.29) is 18.2 Å². The number of likely N-dealkylation sites (tertiary alicyclic amines) is 1. The van der Waals surface area contributed by atoms with Crippen molar-refractivity contribution in [2.45, 2.75) is 108 Å². The van der Waals surface area contributed by atoms with Crippen LogP contribution in [0.15, 0.2) is 60.7 Å². The fourth-order valence-electron chi connectivity index (χ4n) is 8.37. The van der Waals surface area contributed by atoms with Crippen LogP contribution in [0.1, 0.15) is 76.3 Å². The number of hydrogen-bond donors (Lipinski definition) is 6. The SMILES string of the molecule is CC(C)CC(NC(=O)C(Cc1ccccc1)NC(=O)C(N)Cc1ccccc1)C(=O)NC(CCCCN)C(=O)N1CCC2(CC1)CC(N1CCNCC1)C2. The molecule has 2 saturated heterocycles. The van der Waals surface area contributed by atoms with Gasteiger partial charge in [0.25, 0.3) is 0 Å². The normalized spacial score (nSPS) is 19.7. The molecule has 2 heterocycles. The minimum Gasteiger partial charge on any atom is -0.343 e. The van der Waals surface area contributed by atoms with Gasteiger partial charge in [-0.1, -0.05) is 74.5 Å². The van der Waals surface area contributed by atoms with E-state index in [1.807, 2.05) is 79.4 Å². The summed E-state index contributed by atoms with van der Waals surface area (Å²) < 4.78 is 0. The van der Waals surface area contributed by atoms with Gasteiger partial charge in [-0.25, -0.2) is 0 Å². The third-order valence-corrected chi connectivity index (χ3v) is 11.6. The van der Waals surface area contributed by atoms with Crippen LogP contribution in [0, 0.1) is 11.3 Å². The number of carbonyl (C=O) groups is 4. The average Bonchev–Trinajstić information content (AvgIpc) is 3.16. The van der Waals surface area contributed by atoms with Crippen molar-refractivity contribution >= 4 is 23.6 Å². The molecule has 4 atom stereocenters. The van der Waals surface area contributed by atoms with Crippen LogP contribution in [-0.2, 0) is 32.0 Å². The fraction of sp³-hybridized carbons (Fsp3) is 0.619. The fourth-order valence-corrected chi connectivity index (χ4v) is 8.37. The molecule has 2 aromatic carbocycles. The monoisotopic (exact) mass is 745 g/mol. The summed E-state index contributed by atoms with van der Waals surface area (Å²) in [6.07, 6.45) is 7.20. The molecule has 12 nitrogen and oxygen atoms in total. The van der Waals surface area contributed by atoms with Gasteiger partial charge >= 0.3 is 0 Å². The van der Waals surface area contributed by atoms with E-state index in [9.17, 15) is 19.2 Å². The first-order valence-corrected chi connectivity index (χ1v) is 20.2. The highest BCUT2D eigenvalue weighted by atomic mass is 16.2. The third-order valence-electron chi connectivity index (χ3n) is 11.6. The molecule has 2 aromatic rings. The van der Waals surface area contributed by atoms with E-state index in [0.717, 1.165) is 56.6 Å². The van der Waals surface area contributed by atoms with Gasteiger partial charge in [0, 0.05) is 51.7 Å². The van der Waals surface area contributed by atoms with Gasteiger partial charge in [-0.2, -0.15) is 0 Å². The van der Waals surface area contributed by atoms with Gasteiger partial charge in [0.2, 0.25) is 23.6 Å². The van der Waals surface area contributed by atoms with Gasteiger partial charge in [0.15, 0.2) is 0 Å². The lowest BCUT2D eigenvalue weighted by atomic mass is 9.60. The van der Waals surface area contributed by atoms with Crippen LogP contribution in [0.3, 0.4) is 0 Å². The van der Waals surface area contributed by atoms with Crippen LogP contribution >= 0.6 is 0 Å². The molecular formula is C42H64N8O4. The van der Waals surface area contributed by atoms with Crippen LogP contribution < -0.4 is 32.7 Å². The molecule has 0 bridgehead atoms. The maximum Gasteiger partial charge on any atom is 0.245 e. The Labute approximate surface area is 321 Å². The van der Waals surface area contributed by atoms with Crippen LogP contribution in [0.25, 0.3) is 0 Å². The van der Waals surface area contributed by atoms with Crippen molar-refractivity contribution in [1.29, 1.82) is 0 Å². The number of piperidine rings is 1. The van der Waals surface area contributed by atoms with Crippen molar-refractivity contribution in [3.63, 3.8) is 0 Å². The predicted molar refractivity (Wildman–Crippen MR) is 212 cm³/mol. The Hall–Kier alpha value is -3.84. The van der Waals surface area contributed by atoms with E-state index < -0.39 is 41.9 Å². The van der Waals surface area contributed by atoms with E-state index in [0.29, 0.717) is 56.8 Å². The van der Waals surface area contributed by atoms with Crippen molar-refractivity contribution in [1.82, 2.24) is 31.1 Å². The lowest BCUT2D eigenvalue weighted by molar-refractivity contribution is -0.141. The topological polar surface area (TPSA) is 175 Å². The standard InChI is InChI=1S/C42H64N8O4/c1-30(2)25-36(48-40(53)37(27-32-13-7-4-8-14-32)47-38(51)34(44)26-31-11-5-3-6-12-31)39(52)46-35(15-9-10-18-43)41(54)50-21-16-42(17-22-50)28-33(29-42)49-23-19-45-20-24-49/h3-8,11-14,30,33-37,45H,9-10,15-29,43-44H2,1-2H3,(H,46,52)(H,47,51)(H,48,53). The van der Waals surface area contributed by atoms with Gasteiger partial charge in [-0.05, 0) is 86.8 Å². The molecule has 54 heavy (non-hydrogen) atoms. The van der Waals surface area contributed by atoms with E-state index in [1.165, 1.54) is 12.8 Å². The Balaban J connectivity index is 1.22. The number of nitrogens with two attached hydrogens (primary N) is 2. The number of nitrogens with one attached hydrogen (secondary N) is 4. The molecule has 1 saturated carbocycles. The molecule has 3 aliphatic rings. The second-order valence-electron chi connectivity index (χ2n) is 16.3. The van der Waals surface area contributed by atoms with Gasteiger partial charge < -0.3 is 37.6 Å². The number of carbonyl (C=O) groups excluding carboxylic acids is 4. The molecule has 3 fully saturated rings. The zero-order chi connectivity index (χ0) is 38.5. The zero-order valence-corrected chi connectivity index (χ0v) is 32.4. The summed E-state index contributed by atoms with van der Waals surface area (Å²) >= 11 is 0. The summed E-state index contributed by atoms with van der Waals surface area (Å²) in [6, 6.07) is 16.1. The van der Waals surface area contributed by atoms with Gasteiger partial charge in [-0.15, -0.1) is 0 Å². The van der Waals surface area contributed by atoms with Gasteiger partial charge in [0.1, 0.15) is 18.1 Å². The van der Waals surface area contributed by atoms with Crippen molar-refractivity contribution in [2.75, 3.05) is 45.8 Å². The van der Waals surface area contributed by atoms with Crippen molar-refractivity contribution in [3.05, 3.63) is 71.8 Å². The average molecular weight is 745 g/mol. The predicted octanol–water partition coefficient (Wildman–Crippen LogP) is 2.11. The molecule has 0 aromatic heterocycles. The molecule has 296 valence electrons. The van der Waals surface area contributed by atoms with E-state index >= 15 is 0 Å². The van der Waals surface area contributed by atoms with Crippen molar-refractivity contribution < 1.29 is 19.2 Å². The third kappa shape index (κ3) is 11.8. The van der Waals surface area contributed by atoms with Gasteiger partial charge in [-0.3, -0.25) is 24.1 Å². The Morgan fingerprint density at radius 1 is 0.759 bits per heavy atom. The number of piperazine rings is 1. The molecular weight excluding hydrogens is 681 g/mol. The summed E-state index contributed by atoms with van der Waals surface area (Å²) in [5.74, 6) is -1.33. The summed E-state index contributed by atoms with van der Waals surface area (Å²) in [7, 11) is 0. The smallest absolute Gasteiger partial charge is 0.245 e. The Morgan fingerprint density at radius 2 is 1.31 bits per heavy atom. The minimum absolute atomic E-state index is 0.0653. The maximum absolute atomic E-state index is 14.1. The largest absolute Gasteiger partial charge is 0.343 e. The number of unbranched alkanes of at least 4 members (excludes halogenated alkanes) is 1. The van der Waals surface area contributed by atoms with Crippen LogP contribution in [0.2, 0.25) is 0 Å². The lowest BCUT2D eigenvalue weighted by Gasteiger charge is -2.56. The second-order valence-corrected chi connectivity index (χ2v) is 16.3. The summed E-state index contributed by atoms with van der Waals surface area (Å²) in [5.41, 5.74) is 14.2. The zero-order valence-electron chi connectivity index (χ0n) is 32.4. The Morgan fingerprint density at radius 3 is 1.91 bits per heavy atom. The second kappa shape index (κ2) is 20.2. The van der Waals surface area contributed by atoms with Crippen LogP contribution in [0.4, 0.5) is 0 Å². The Kier molecular flexibility index (Phi) is 15.4. The maximum atomic E-state index is 14.1. The first kappa shape index (κ1) is 41.3. The van der Waals surface area contributed by atoms with E-state index in [4.69, 9.17) is 11.5 Å². The van der Waals surface area contributed by atoms with Crippen LogP contribution in [-0.4, -0.2) is 109 Å². The molecule has 1 aliphatic carbocycles. The number of amides is 4. The van der Waals surface area contributed by atoms with E-state index in [2.05, 4.69) is 26.2 Å². The molecule has 4 amide bonds. The number of hydrogen-bond acceptors (Lipinski definition) is 8. The molecule has 4 unspecified atom stereocenters. The highest BCUT2D eigenvalue weighted by molar-refractivity contribution is 5.95. The highest BCUT2D eigenvalue weighted by Crippen LogP contribution is 2.51. The molecule has 12 heteroatoms. The number of rotatable bonds is 18. The molecule has 2 aliphatic heterocycles. The number of nitrogens with zero attached hydrogens (tertiary/aromatic N) is 2. The first-order chi connectivity index (χ1) is 26.1. The van der Waals surface area contributed by atoms with E-state index in [1.54, 1.807) is 0 Å². The lowest BCUT2D eigenvalue weighted by Crippen LogP contribution is -2.61. The first-order valence-electron chi connectivity index (χ1n) is 20.2. The summed E-state index contributed by atoms with van der Waals surface area (Å²) in [5, 5.41) is 12.3. The summed E-state index contributed by atoms with van der Waals surface area (Å²) in [6.45, 7) is 10.2. The highest BCUT2D eigenvalue weighted by Gasteiger charge is 2.48. The van der Waals surface area contributed by atoms with Crippen molar-refractivity contribution in [2.24, 2.45) is 22.8 Å². The minimum atomic E-state index is -0.968. The van der Waals surface area contributed by atoms with Gasteiger partial charge in [0.05, 0.1) is 6.04 Å².